The zero-order valence-electron chi connectivity index (χ0n) is 9.47. The highest BCUT2D eigenvalue weighted by Gasteiger charge is 2.11. The highest BCUT2D eigenvalue weighted by atomic mass is 79.9. The van der Waals surface area contributed by atoms with Crippen molar-refractivity contribution >= 4 is 33.4 Å². The number of carbonyl (C=O) groups excluding carboxylic acids is 1. The van der Waals surface area contributed by atoms with E-state index < -0.39 is 5.82 Å². The van der Waals surface area contributed by atoms with E-state index in [1.165, 1.54) is 12.1 Å². The van der Waals surface area contributed by atoms with Crippen LogP contribution in [0.5, 0.6) is 0 Å². The second-order valence-corrected chi connectivity index (χ2v) is 5.38. The molecule has 0 fully saturated rings. The van der Waals surface area contributed by atoms with Crippen molar-refractivity contribution in [2.24, 2.45) is 0 Å². The van der Waals surface area contributed by atoms with Gasteiger partial charge in [-0.2, -0.15) is 0 Å². The summed E-state index contributed by atoms with van der Waals surface area (Å²) in [6.07, 6.45) is 1.86. The summed E-state index contributed by atoms with van der Waals surface area (Å²) < 4.78 is 12.8. The quantitative estimate of drug-likeness (QED) is 0.821. The van der Waals surface area contributed by atoms with Crippen molar-refractivity contribution in [2.75, 3.05) is 6.54 Å². The van der Waals surface area contributed by atoms with Gasteiger partial charge in [-0.1, -0.05) is 34.5 Å². The van der Waals surface area contributed by atoms with Gasteiger partial charge in [0.1, 0.15) is 5.82 Å². The maximum Gasteiger partial charge on any atom is 0.252 e. The van der Waals surface area contributed by atoms with E-state index in [4.69, 9.17) is 11.6 Å². The third kappa shape index (κ3) is 4.64. The first-order valence-electron chi connectivity index (χ1n) is 5.42. The van der Waals surface area contributed by atoms with Crippen LogP contribution in [0.1, 0.15) is 30.1 Å². The molecule has 0 aromatic heterocycles. The molecule has 0 bridgehead atoms. The topological polar surface area (TPSA) is 29.1 Å². The molecule has 1 aromatic carbocycles. The van der Waals surface area contributed by atoms with Gasteiger partial charge in [-0.05, 0) is 31.0 Å². The highest BCUT2D eigenvalue weighted by Crippen LogP contribution is 2.17. The van der Waals surface area contributed by atoms with Crippen LogP contribution in [0.4, 0.5) is 4.39 Å². The van der Waals surface area contributed by atoms with Crippen molar-refractivity contribution in [1.29, 1.82) is 0 Å². The van der Waals surface area contributed by atoms with E-state index >= 15 is 0 Å². The Morgan fingerprint density at radius 3 is 2.88 bits per heavy atom. The van der Waals surface area contributed by atoms with Crippen molar-refractivity contribution in [3.63, 3.8) is 0 Å². The largest absolute Gasteiger partial charge is 0.352 e. The maximum atomic E-state index is 12.8. The van der Waals surface area contributed by atoms with Crippen LogP contribution in [0.25, 0.3) is 0 Å². The van der Waals surface area contributed by atoms with Crippen LogP contribution in [0.2, 0.25) is 5.02 Å². The molecule has 0 aliphatic heterocycles. The molecular weight excluding hydrogens is 308 g/mol. The number of nitrogens with one attached hydrogen (secondary N) is 1. The van der Waals surface area contributed by atoms with Gasteiger partial charge in [0.05, 0.1) is 10.6 Å². The van der Waals surface area contributed by atoms with E-state index in [2.05, 4.69) is 28.2 Å². The molecule has 0 aliphatic rings. The minimum atomic E-state index is -0.446. The summed E-state index contributed by atoms with van der Waals surface area (Å²) in [5.74, 6) is -0.719. The lowest BCUT2D eigenvalue weighted by atomic mass is 10.2. The summed E-state index contributed by atoms with van der Waals surface area (Å²) in [5, 5.41) is 2.88. The molecule has 1 unspecified atom stereocenters. The number of alkyl halides is 1. The Balaban J connectivity index is 2.52. The van der Waals surface area contributed by atoms with Gasteiger partial charge in [-0.25, -0.2) is 4.39 Å². The highest BCUT2D eigenvalue weighted by molar-refractivity contribution is 9.09. The number of hydrogen-bond acceptors (Lipinski definition) is 1. The normalized spacial score (nSPS) is 12.2. The molecule has 0 aliphatic carbocycles. The van der Waals surface area contributed by atoms with Gasteiger partial charge in [0.25, 0.3) is 5.91 Å². The number of carbonyl (C=O) groups is 1. The average Bonchev–Trinajstić information content (AvgIpc) is 2.28. The molecule has 5 heteroatoms. The summed E-state index contributed by atoms with van der Waals surface area (Å²) in [4.78, 5) is 12.1. The number of rotatable bonds is 5. The number of benzene rings is 1. The van der Waals surface area contributed by atoms with Crippen molar-refractivity contribution in [3.8, 4) is 0 Å². The summed E-state index contributed by atoms with van der Waals surface area (Å²) >= 11 is 9.26. The molecule has 94 valence electrons. The molecule has 1 amide bonds. The van der Waals surface area contributed by atoms with Crippen LogP contribution in [-0.4, -0.2) is 17.3 Å². The van der Waals surface area contributed by atoms with Crippen molar-refractivity contribution in [3.05, 3.63) is 34.6 Å². The minimum absolute atomic E-state index is 0.133. The lowest BCUT2D eigenvalue weighted by molar-refractivity contribution is 0.0953. The molecular formula is C12H14BrClFNO. The Morgan fingerprint density at radius 2 is 2.29 bits per heavy atom. The average molecular weight is 323 g/mol. The third-order valence-corrected chi connectivity index (χ3v) is 3.78. The SMILES string of the molecule is CCC(Br)CCNC(=O)c1ccc(F)cc1Cl. The Kier molecular flexibility index (Phi) is 5.92. The van der Waals surface area contributed by atoms with Crippen LogP contribution in [0, 0.1) is 5.82 Å². The summed E-state index contributed by atoms with van der Waals surface area (Å²) in [5.41, 5.74) is 0.302. The fraction of sp³-hybridized carbons (Fsp3) is 0.417. The van der Waals surface area contributed by atoms with Gasteiger partial charge in [-0.15, -0.1) is 0 Å². The zero-order chi connectivity index (χ0) is 12.8. The number of hydrogen-bond donors (Lipinski definition) is 1. The van der Waals surface area contributed by atoms with Gasteiger partial charge >= 0.3 is 0 Å². The Bertz CT molecular complexity index is 400. The summed E-state index contributed by atoms with van der Waals surface area (Å²) in [6, 6.07) is 3.74. The van der Waals surface area contributed by atoms with Crippen molar-refractivity contribution in [1.82, 2.24) is 5.32 Å². The molecule has 0 heterocycles. The predicted molar refractivity (Wildman–Crippen MR) is 71.4 cm³/mol. The van der Waals surface area contributed by atoms with Gasteiger partial charge in [0.2, 0.25) is 0 Å². The van der Waals surface area contributed by atoms with Gasteiger partial charge < -0.3 is 5.32 Å². The second-order valence-electron chi connectivity index (χ2n) is 3.67. The number of halogens is 3. The van der Waals surface area contributed by atoms with Crippen LogP contribution >= 0.6 is 27.5 Å². The van der Waals surface area contributed by atoms with Crippen LogP contribution in [-0.2, 0) is 0 Å². The van der Waals surface area contributed by atoms with Gasteiger partial charge in [0, 0.05) is 11.4 Å². The van der Waals surface area contributed by atoms with E-state index in [1.54, 1.807) is 0 Å². The fourth-order valence-corrected chi connectivity index (χ4v) is 1.80. The first kappa shape index (κ1) is 14.5. The molecule has 0 saturated carbocycles. The molecule has 0 radical (unpaired) electrons. The van der Waals surface area contributed by atoms with Crippen LogP contribution in [0.3, 0.4) is 0 Å². The zero-order valence-corrected chi connectivity index (χ0v) is 11.8. The fourth-order valence-electron chi connectivity index (χ4n) is 1.32. The maximum absolute atomic E-state index is 12.8. The molecule has 17 heavy (non-hydrogen) atoms. The summed E-state index contributed by atoms with van der Waals surface area (Å²) in [7, 11) is 0. The minimum Gasteiger partial charge on any atom is -0.352 e. The lowest BCUT2D eigenvalue weighted by Gasteiger charge is -2.09. The Labute approximate surface area is 114 Å². The van der Waals surface area contributed by atoms with Gasteiger partial charge in [-0.3, -0.25) is 4.79 Å². The predicted octanol–water partition coefficient (Wildman–Crippen LogP) is 3.77. The molecule has 0 spiro atoms. The van der Waals surface area contributed by atoms with Crippen LogP contribution in [0.15, 0.2) is 18.2 Å². The van der Waals surface area contributed by atoms with E-state index in [0.717, 1.165) is 18.9 Å². The van der Waals surface area contributed by atoms with Crippen molar-refractivity contribution < 1.29 is 9.18 Å². The van der Waals surface area contributed by atoms with E-state index in [-0.39, 0.29) is 10.9 Å². The van der Waals surface area contributed by atoms with Gasteiger partial charge in [0.15, 0.2) is 0 Å². The molecule has 1 aromatic rings. The van der Waals surface area contributed by atoms with Crippen molar-refractivity contribution in [2.45, 2.75) is 24.6 Å². The number of amides is 1. The Hall–Kier alpha value is -0.610. The molecule has 0 saturated heterocycles. The van der Waals surface area contributed by atoms with E-state index in [9.17, 15) is 9.18 Å². The second kappa shape index (κ2) is 6.97. The smallest absolute Gasteiger partial charge is 0.252 e. The monoisotopic (exact) mass is 321 g/mol. The summed E-state index contributed by atoms with van der Waals surface area (Å²) in [6.45, 7) is 2.63. The molecule has 1 atom stereocenters. The third-order valence-electron chi connectivity index (χ3n) is 2.36. The van der Waals surface area contributed by atoms with E-state index in [1.807, 2.05) is 0 Å². The van der Waals surface area contributed by atoms with E-state index in [0.29, 0.717) is 16.9 Å². The van der Waals surface area contributed by atoms with Crippen LogP contribution < -0.4 is 5.32 Å². The Morgan fingerprint density at radius 1 is 1.59 bits per heavy atom. The molecule has 1 N–H and O–H groups in total. The lowest BCUT2D eigenvalue weighted by Crippen LogP contribution is -2.26. The molecule has 1 rings (SSSR count). The standard InChI is InChI=1S/C12H14BrClFNO/c1-2-8(13)5-6-16-12(17)10-4-3-9(15)7-11(10)14/h3-4,7-8H,2,5-6H2,1H3,(H,16,17). The first-order valence-corrected chi connectivity index (χ1v) is 6.71. The molecule has 2 nitrogen and oxygen atoms in total. The first-order chi connectivity index (χ1) is 8.04.